The lowest BCUT2D eigenvalue weighted by molar-refractivity contribution is -0.0194. The molecule has 2 atom stereocenters. The third-order valence-electron chi connectivity index (χ3n) is 4.76. The van der Waals surface area contributed by atoms with Gasteiger partial charge in [0.1, 0.15) is 6.10 Å². The Labute approximate surface area is 188 Å². The second kappa shape index (κ2) is 11.1. The van der Waals surface area contributed by atoms with Crippen molar-refractivity contribution in [3.05, 3.63) is 69.7 Å². The topological polar surface area (TPSA) is 54.3 Å². The molecule has 3 rings (SSSR count). The van der Waals surface area contributed by atoms with E-state index in [1.165, 1.54) is 0 Å². The van der Waals surface area contributed by atoms with Crippen molar-refractivity contribution < 1.29 is 14.7 Å². The Bertz CT molecular complexity index is 843. The zero-order valence-corrected chi connectivity index (χ0v) is 18.8. The highest BCUT2D eigenvalue weighted by atomic mass is 35.5. The van der Waals surface area contributed by atoms with Crippen molar-refractivity contribution in [3.8, 4) is 0 Å². The molecule has 1 aliphatic heterocycles. The zero-order chi connectivity index (χ0) is 21.5. The summed E-state index contributed by atoms with van der Waals surface area (Å²) in [5.41, 5.74) is 2.99. The van der Waals surface area contributed by atoms with Crippen molar-refractivity contribution in [3.63, 3.8) is 0 Å². The summed E-state index contributed by atoms with van der Waals surface area (Å²) in [6.07, 6.45) is 0.0963. The van der Waals surface area contributed by atoms with Gasteiger partial charge in [0.15, 0.2) is 0 Å². The largest absolute Gasteiger partial charge is 0.390 e. The van der Waals surface area contributed by atoms with Crippen LogP contribution in [0, 0.1) is 0 Å². The first-order valence-electron chi connectivity index (χ1n) is 10.1. The molecule has 0 radical (unpaired) electrons. The van der Waals surface area contributed by atoms with Gasteiger partial charge in [0, 0.05) is 36.1 Å². The highest BCUT2D eigenvalue weighted by molar-refractivity contribution is 6.31. The number of aliphatic hydroxyl groups is 1. The van der Waals surface area contributed by atoms with E-state index in [-0.39, 0.29) is 12.2 Å². The van der Waals surface area contributed by atoms with Gasteiger partial charge in [-0.2, -0.15) is 0 Å². The highest BCUT2D eigenvalue weighted by Crippen LogP contribution is 2.21. The van der Waals surface area contributed by atoms with Crippen molar-refractivity contribution >= 4 is 28.9 Å². The first-order valence-corrected chi connectivity index (χ1v) is 10.9. The maximum Gasteiger partial charge on any atom is 0.145 e. The van der Waals surface area contributed by atoms with E-state index in [1.807, 2.05) is 62.4 Å². The van der Waals surface area contributed by atoms with Gasteiger partial charge in [-0.25, -0.2) is 0 Å². The minimum absolute atomic E-state index is 0.0783. The molecule has 0 saturated carbocycles. The third-order valence-corrected chi connectivity index (χ3v) is 5.25. The van der Waals surface area contributed by atoms with Gasteiger partial charge in [0.2, 0.25) is 0 Å². The van der Waals surface area contributed by atoms with Crippen LogP contribution in [0.2, 0.25) is 10.0 Å². The Balaban J connectivity index is 1.62. The second-order valence-electron chi connectivity index (χ2n) is 7.84. The summed E-state index contributed by atoms with van der Waals surface area (Å²) in [5.74, 6) is 0. The monoisotopic (exact) mass is 450 g/mol. The Morgan fingerprint density at radius 2 is 1.93 bits per heavy atom. The molecule has 0 spiro atoms. The number of aliphatic hydroxyl groups excluding tert-OH is 1. The van der Waals surface area contributed by atoms with Crippen LogP contribution < -0.4 is 0 Å². The summed E-state index contributed by atoms with van der Waals surface area (Å²) in [6.45, 7) is 5.95. The van der Waals surface area contributed by atoms with Gasteiger partial charge in [-0.15, -0.1) is 0 Å². The molecule has 1 aliphatic rings. The first-order chi connectivity index (χ1) is 14.4. The zero-order valence-electron chi connectivity index (χ0n) is 17.3. The van der Waals surface area contributed by atoms with Crippen LogP contribution in [0.3, 0.4) is 0 Å². The molecule has 162 valence electrons. The molecular weight excluding hydrogens is 423 g/mol. The van der Waals surface area contributed by atoms with Gasteiger partial charge in [-0.05, 0) is 49.2 Å². The lowest BCUT2D eigenvalue weighted by atomic mass is 10.0. The summed E-state index contributed by atoms with van der Waals surface area (Å²) in [4.78, 5) is 7.85. The number of oxime groups is 1. The van der Waals surface area contributed by atoms with Crippen LogP contribution in [0.5, 0.6) is 0 Å². The van der Waals surface area contributed by atoms with Crippen LogP contribution in [0.25, 0.3) is 0 Å². The molecule has 0 amide bonds. The van der Waals surface area contributed by atoms with Crippen molar-refractivity contribution in [2.75, 3.05) is 19.7 Å². The summed E-state index contributed by atoms with van der Waals surface area (Å²) in [7, 11) is 0. The molecule has 7 heteroatoms. The van der Waals surface area contributed by atoms with Crippen LogP contribution in [-0.4, -0.2) is 53.7 Å². The van der Waals surface area contributed by atoms with Gasteiger partial charge < -0.3 is 14.7 Å². The first kappa shape index (κ1) is 23.0. The standard InChI is InChI=1S/C23H28Cl2N2O3/c1-16(2)29-15-21(28)13-27(12-17-4-3-5-20(25)10-17)14-22-11-23(26-30-22)18-6-8-19(24)9-7-18/h3-10,16,21-22,28H,11-15H2,1-2H3/t21-,22-/m1/s1. The van der Waals surface area contributed by atoms with Gasteiger partial charge >= 0.3 is 0 Å². The fourth-order valence-corrected chi connectivity index (χ4v) is 3.72. The predicted octanol–water partition coefficient (Wildman–Crippen LogP) is 4.77. The van der Waals surface area contributed by atoms with Crippen molar-refractivity contribution in [2.45, 2.75) is 45.1 Å². The molecule has 1 N–H and O–H groups in total. The molecule has 2 aromatic rings. The molecule has 0 unspecified atom stereocenters. The fourth-order valence-electron chi connectivity index (χ4n) is 3.38. The van der Waals surface area contributed by atoms with E-state index >= 15 is 0 Å². The maximum atomic E-state index is 10.5. The van der Waals surface area contributed by atoms with Gasteiger partial charge in [-0.3, -0.25) is 4.90 Å². The number of halogens is 2. The molecule has 5 nitrogen and oxygen atoms in total. The fraction of sp³-hybridized carbons (Fsp3) is 0.435. The van der Waals surface area contributed by atoms with E-state index in [1.54, 1.807) is 0 Å². The molecule has 0 aromatic heterocycles. The normalized spacial score (nSPS) is 17.3. The molecule has 0 fully saturated rings. The maximum absolute atomic E-state index is 10.5. The SMILES string of the molecule is CC(C)OC[C@H](O)CN(Cc1cccc(Cl)c1)C[C@H]1CC(c2ccc(Cl)cc2)=NO1. The van der Waals surface area contributed by atoms with Crippen LogP contribution in [0.4, 0.5) is 0 Å². The summed E-state index contributed by atoms with van der Waals surface area (Å²) < 4.78 is 5.57. The number of hydrogen-bond donors (Lipinski definition) is 1. The van der Waals surface area contributed by atoms with E-state index < -0.39 is 6.10 Å². The van der Waals surface area contributed by atoms with Crippen LogP contribution in [-0.2, 0) is 16.1 Å². The lowest BCUT2D eigenvalue weighted by Gasteiger charge is -2.27. The van der Waals surface area contributed by atoms with Gasteiger partial charge in [0.05, 0.1) is 24.5 Å². The highest BCUT2D eigenvalue weighted by Gasteiger charge is 2.26. The van der Waals surface area contributed by atoms with Crippen LogP contribution in [0.15, 0.2) is 53.7 Å². The third kappa shape index (κ3) is 7.25. The number of nitrogens with zero attached hydrogens (tertiary/aromatic N) is 2. The van der Waals surface area contributed by atoms with E-state index in [0.717, 1.165) is 16.8 Å². The minimum Gasteiger partial charge on any atom is -0.390 e. The molecule has 1 heterocycles. The molecule has 30 heavy (non-hydrogen) atoms. The van der Waals surface area contributed by atoms with E-state index in [9.17, 15) is 5.11 Å². The van der Waals surface area contributed by atoms with Gasteiger partial charge in [-0.1, -0.05) is 52.6 Å². The quantitative estimate of drug-likeness (QED) is 0.565. The number of ether oxygens (including phenoxy) is 1. The minimum atomic E-state index is -0.593. The molecule has 0 bridgehead atoms. The van der Waals surface area contributed by atoms with Crippen LogP contribution in [0.1, 0.15) is 31.4 Å². The number of hydrogen-bond acceptors (Lipinski definition) is 5. The molecule has 0 aliphatic carbocycles. The predicted molar refractivity (Wildman–Crippen MR) is 121 cm³/mol. The number of benzene rings is 2. The summed E-state index contributed by atoms with van der Waals surface area (Å²) in [6, 6.07) is 15.4. The Kier molecular flexibility index (Phi) is 8.54. The summed E-state index contributed by atoms with van der Waals surface area (Å²) >= 11 is 12.1. The smallest absolute Gasteiger partial charge is 0.145 e. The number of rotatable bonds is 10. The Morgan fingerprint density at radius 3 is 2.63 bits per heavy atom. The Morgan fingerprint density at radius 1 is 1.17 bits per heavy atom. The average molecular weight is 451 g/mol. The summed E-state index contributed by atoms with van der Waals surface area (Å²) in [5, 5.41) is 16.1. The van der Waals surface area contributed by atoms with Crippen molar-refractivity contribution in [2.24, 2.45) is 5.16 Å². The molecule has 0 saturated heterocycles. The molecular formula is C23H28Cl2N2O3. The van der Waals surface area contributed by atoms with E-state index in [2.05, 4.69) is 10.1 Å². The van der Waals surface area contributed by atoms with Crippen LogP contribution >= 0.6 is 23.2 Å². The average Bonchev–Trinajstić information content (AvgIpc) is 3.15. The second-order valence-corrected chi connectivity index (χ2v) is 8.71. The van der Waals surface area contributed by atoms with Crippen molar-refractivity contribution in [1.29, 1.82) is 0 Å². The Hall–Kier alpha value is -1.63. The van der Waals surface area contributed by atoms with E-state index in [4.69, 9.17) is 32.8 Å². The van der Waals surface area contributed by atoms with E-state index in [0.29, 0.717) is 42.7 Å². The van der Waals surface area contributed by atoms with Crippen molar-refractivity contribution in [1.82, 2.24) is 4.90 Å². The lowest BCUT2D eigenvalue weighted by Crippen LogP contribution is -2.39. The van der Waals surface area contributed by atoms with Gasteiger partial charge in [0.25, 0.3) is 0 Å². The molecule has 2 aromatic carbocycles.